The second kappa shape index (κ2) is 5.61. The van der Waals surface area contributed by atoms with Gasteiger partial charge in [-0.25, -0.2) is 0 Å². The van der Waals surface area contributed by atoms with E-state index in [1.54, 1.807) is 6.20 Å². The van der Waals surface area contributed by atoms with E-state index in [1.807, 2.05) is 49.5 Å². The number of halogens is 1. The van der Waals surface area contributed by atoms with E-state index in [0.29, 0.717) is 6.54 Å². The smallest absolute Gasteiger partial charge is 0.0964 e. The lowest BCUT2D eigenvalue weighted by Gasteiger charge is -2.29. The molecule has 1 aromatic carbocycles. The van der Waals surface area contributed by atoms with Gasteiger partial charge in [0.2, 0.25) is 0 Å². The van der Waals surface area contributed by atoms with Crippen LogP contribution in [0, 0.1) is 0 Å². The van der Waals surface area contributed by atoms with Gasteiger partial charge < -0.3 is 11.1 Å². The van der Waals surface area contributed by atoms with Gasteiger partial charge in [-0.1, -0.05) is 34.1 Å². The van der Waals surface area contributed by atoms with Crippen LogP contribution in [0.25, 0.3) is 0 Å². The largest absolute Gasteiger partial charge is 0.317 e. The predicted octanol–water partition coefficient (Wildman–Crippen LogP) is 2.27. The van der Waals surface area contributed by atoms with Gasteiger partial charge in [-0.2, -0.15) is 0 Å². The van der Waals surface area contributed by atoms with E-state index in [2.05, 4.69) is 26.2 Å². The summed E-state index contributed by atoms with van der Waals surface area (Å²) >= 11 is 3.44. The first kappa shape index (κ1) is 13.2. The predicted molar refractivity (Wildman–Crippen MR) is 77.3 cm³/mol. The maximum Gasteiger partial charge on any atom is 0.0964 e. The van der Waals surface area contributed by atoms with E-state index in [4.69, 9.17) is 5.73 Å². The topological polar surface area (TPSA) is 50.9 Å². The molecule has 1 atom stereocenters. The molecule has 3 N–H and O–H groups in total. The van der Waals surface area contributed by atoms with Gasteiger partial charge in [0.25, 0.3) is 0 Å². The first-order valence-electron chi connectivity index (χ1n) is 5.78. The van der Waals surface area contributed by atoms with Gasteiger partial charge in [0.1, 0.15) is 0 Å². The van der Waals surface area contributed by atoms with E-state index in [-0.39, 0.29) is 0 Å². The molecular weight excluding hydrogens is 290 g/mol. The standard InChI is InChI=1S/C14H16BrN3/c1-17-10-14(16,13-4-2-3-9-18-13)11-5-7-12(15)8-6-11/h2-9,17H,10,16H2,1H3. The number of nitrogens with zero attached hydrogens (tertiary/aromatic N) is 1. The van der Waals surface area contributed by atoms with E-state index >= 15 is 0 Å². The number of likely N-dealkylation sites (N-methyl/N-ethyl adjacent to an activating group) is 1. The fraction of sp³-hybridized carbons (Fsp3) is 0.214. The Morgan fingerprint density at radius 1 is 1.22 bits per heavy atom. The zero-order valence-corrected chi connectivity index (χ0v) is 11.8. The highest BCUT2D eigenvalue weighted by Crippen LogP contribution is 2.26. The van der Waals surface area contributed by atoms with E-state index < -0.39 is 5.54 Å². The normalized spacial score (nSPS) is 14.2. The van der Waals surface area contributed by atoms with Crippen molar-refractivity contribution < 1.29 is 0 Å². The second-order valence-corrected chi connectivity index (χ2v) is 5.14. The molecule has 0 amide bonds. The summed E-state index contributed by atoms with van der Waals surface area (Å²) in [6.45, 7) is 0.631. The van der Waals surface area contributed by atoms with Crippen molar-refractivity contribution in [2.24, 2.45) is 5.73 Å². The number of hydrogen-bond donors (Lipinski definition) is 2. The van der Waals surface area contributed by atoms with Crippen LogP contribution in [0.4, 0.5) is 0 Å². The van der Waals surface area contributed by atoms with Crippen molar-refractivity contribution in [2.45, 2.75) is 5.54 Å². The number of hydrogen-bond acceptors (Lipinski definition) is 3. The lowest BCUT2D eigenvalue weighted by molar-refractivity contribution is 0.491. The molecule has 18 heavy (non-hydrogen) atoms. The van der Waals surface area contributed by atoms with Crippen LogP contribution >= 0.6 is 15.9 Å². The number of aromatic nitrogens is 1. The molecule has 1 aromatic heterocycles. The molecule has 2 aromatic rings. The number of benzene rings is 1. The van der Waals surface area contributed by atoms with Gasteiger partial charge in [-0.15, -0.1) is 0 Å². The number of rotatable bonds is 4. The van der Waals surface area contributed by atoms with Crippen LogP contribution < -0.4 is 11.1 Å². The highest BCUT2D eigenvalue weighted by molar-refractivity contribution is 9.10. The van der Waals surface area contributed by atoms with Gasteiger partial charge in [-0.3, -0.25) is 4.98 Å². The first-order valence-corrected chi connectivity index (χ1v) is 6.57. The monoisotopic (exact) mass is 305 g/mol. The fourth-order valence-electron chi connectivity index (χ4n) is 1.99. The molecule has 0 fully saturated rings. The number of pyridine rings is 1. The van der Waals surface area contributed by atoms with Crippen LogP contribution in [0.2, 0.25) is 0 Å². The quantitative estimate of drug-likeness (QED) is 0.911. The van der Waals surface area contributed by atoms with Crippen molar-refractivity contribution in [3.05, 3.63) is 64.4 Å². The summed E-state index contributed by atoms with van der Waals surface area (Å²) in [5.41, 5.74) is 7.85. The van der Waals surface area contributed by atoms with Crippen LogP contribution in [0.3, 0.4) is 0 Å². The third kappa shape index (κ3) is 2.61. The SMILES string of the molecule is CNCC(N)(c1ccc(Br)cc1)c1ccccn1. The summed E-state index contributed by atoms with van der Waals surface area (Å²) in [5.74, 6) is 0. The van der Waals surface area contributed by atoms with Gasteiger partial charge >= 0.3 is 0 Å². The molecule has 1 heterocycles. The van der Waals surface area contributed by atoms with Crippen LogP contribution in [-0.4, -0.2) is 18.6 Å². The summed E-state index contributed by atoms with van der Waals surface area (Å²) in [4.78, 5) is 4.39. The fourth-order valence-corrected chi connectivity index (χ4v) is 2.26. The van der Waals surface area contributed by atoms with Gasteiger partial charge in [0, 0.05) is 17.2 Å². The van der Waals surface area contributed by atoms with Crippen LogP contribution in [0.15, 0.2) is 53.1 Å². The summed E-state index contributed by atoms with van der Waals surface area (Å²) in [5, 5.41) is 3.14. The summed E-state index contributed by atoms with van der Waals surface area (Å²) in [6, 6.07) is 13.8. The second-order valence-electron chi connectivity index (χ2n) is 4.22. The molecule has 0 bridgehead atoms. The molecule has 0 saturated carbocycles. The van der Waals surface area contributed by atoms with Gasteiger partial charge in [0.15, 0.2) is 0 Å². The molecule has 4 heteroatoms. The minimum atomic E-state index is -0.614. The molecule has 0 aliphatic carbocycles. The summed E-state index contributed by atoms with van der Waals surface area (Å²) in [6.07, 6.45) is 1.77. The maximum atomic E-state index is 6.56. The Hall–Kier alpha value is -1.23. The van der Waals surface area contributed by atoms with Gasteiger partial charge in [-0.05, 0) is 36.9 Å². The van der Waals surface area contributed by atoms with Crippen molar-refractivity contribution >= 4 is 15.9 Å². The molecule has 94 valence electrons. The highest BCUT2D eigenvalue weighted by Gasteiger charge is 2.30. The Bertz CT molecular complexity index is 498. The number of nitrogens with one attached hydrogen (secondary N) is 1. The minimum absolute atomic E-state index is 0.614. The summed E-state index contributed by atoms with van der Waals surface area (Å²) < 4.78 is 1.04. The maximum absolute atomic E-state index is 6.56. The van der Waals surface area contributed by atoms with Crippen molar-refractivity contribution in [3.8, 4) is 0 Å². The molecule has 0 aliphatic heterocycles. The molecule has 2 rings (SSSR count). The molecule has 0 radical (unpaired) electrons. The Kier molecular flexibility index (Phi) is 4.11. The van der Waals surface area contributed by atoms with Crippen LogP contribution in [0.1, 0.15) is 11.3 Å². The highest BCUT2D eigenvalue weighted by atomic mass is 79.9. The Morgan fingerprint density at radius 3 is 2.50 bits per heavy atom. The van der Waals surface area contributed by atoms with E-state index in [9.17, 15) is 0 Å². The zero-order valence-electron chi connectivity index (χ0n) is 10.2. The lowest BCUT2D eigenvalue weighted by Crippen LogP contribution is -2.46. The zero-order chi connectivity index (χ0) is 13.0. The van der Waals surface area contributed by atoms with Crippen molar-refractivity contribution in [3.63, 3.8) is 0 Å². The number of nitrogens with two attached hydrogens (primary N) is 1. The Labute approximate surface area is 116 Å². The Morgan fingerprint density at radius 2 is 1.94 bits per heavy atom. The average molecular weight is 306 g/mol. The molecular formula is C14H16BrN3. The van der Waals surface area contributed by atoms with Crippen LogP contribution in [-0.2, 0) is 5.54 Å². The van der Waals surface area contributed by atoms with Crippen molar-refractivity contribution in [2.75, 3.05) is 13.6 Å². The third-order valence-electron chi connectivity index (χ3n) is 2.94. The van der Waals surface area contributed by atoms with Crippen LogP contribution in [0.5, 0.6) is 0 Å². The Balaban J connectivity index is 2.47. The third-order valence-corrected chi connectivity index (χ3v) is 3.47. The molecule has 0 saturated heterocycles. The average Bonchev–Trinajstić information content (AvgIpc) is 2.40. The van der Waals surface area contributed by atoms with Crippen molar-refractivity contribution in [1.29, 1.82) is 0 Å². The minimum Gasteiger partial charge on any atom is -0.317 e. The van der Waals surface area contributed by atoms with Crippen molar-refractivity contribution in [1.82, 2.24) is 10.3 Å². The summed E-state index contributed by atoms with van der Waals surface area (Å²) in [7, 11) is 1.89. The lowest BCUT2D eigenvalue weighted by atomic mass is 9.87. The molecule has 1 unspecified atom stereocenters. The van der Waals surface area contributed by atoms with Gasteiger partial charge in [0.05, 0.1) is 11.2 Å². The molecule has 0 aliphatic rings. The van der Waals surface area contributed by atoms with E-state index in [1.165, 1.54) is 0 Å². The molecule has 0 spiro atoms. The molecule has 3 nitrogen and oxygen atoms in total. The first-order chi connectivity index (χ1) is 8.66. The van der Waals surface area contributed by atoms with E-state index in [0.717, 1.165) is 15.7 Å².